The fourth-order valence-electron chi connectivity index (χ4n) is 4.21. The number of halogens is 1. The second-order valence-electron chi connectivity index (χ2n) is 8.16. The van der Waals surface area contributed by atoms with Crippen molar-refractivity contribution in [1.29, 1.82) is 0 Å². The van der Waals surface area contributed by atoms with Crippen LogP contribution in [0.25, 0.3) is 6.08 Å². The molecule has 4 rings (SSSR count). The smallest absolute Gasteiger partial charge is 0.325 e. The average Bonchev–Trinajstić information content (AvgIpc) is 3.42. The molecule has 0 bridgehead atoms. The van der Waals surface area contributed by atoms with Gasteiger partial charge in [-0.1, -0.05) is 25.0 Å². The van der Waals surface area contributed by atoms with E-state index < -0.39 is 34.4 Å². The highest BCUT2D eigenvalue weighted by Gasteiger charge is 2.52. The van der Waals surface area contributed by atoms with E-state index in [1.807, 2.05) is 0 Å². The van der Waals surface area contributed by atoms with Crippen molar-refractivity contribution < 1.29 is 28.4 Å². The van der Waals surface area contributed by atoms with Crippen LogP contribution in [0.1, 0.15) is 37.7 Å². The number of thioether (sulfide) groups is 1. The van der Waals surface area contributed by atoms with Gasteiger partial charge in [-0.05, 0) is 48.4 Å². The Hall–Kier alpha value is -3.21. The van der Waals surface area contributed by atoms with Crippen molar-refractivity contribution in [2.45, 2.75) is 37.6 Å². The van der Waals surface area contributed by atoms with Crippen LogP contribution in [0.5, 0.6) is 0 Å². The van der Waals surface area contributed by atoms with Gasteiger partial charge in [-0.25, -0.2) is 9.18 Å². The standard InChI is InChI=1S/C22H23FN4O5S/c23-15-5-3-14(4-6-15)13-16-18(29)26(21(32)33-16)12-10-24-17(28)7-11-27-19(30)22(25-20(27)31)8-1-2-9-22/h3-6,13H,1-2,7-12H2,(H,24,28)(H,25,31). The minimum atomic E-state index is -0.805. The first-order valence-electron chi connectivity index (χ1n) is 10.7. The van der Waals surface area contributed by atoms with Gasteiger partial charge in [-0.2, -0.15) is 0 Å². The summed E-state index contributed by atoms with van der Waals surface area (Å²) in [4.78, 5) is 63.9. The summed E-state index contributed by atoms with van der Waals surface area (Å²) in [6, 6.07) is 5.06. The molecule has 2 saturated heterocycles. The Bertz CT molecular complexity index is 1040. The highest BCUT2D eigenvalue weighted by atomic mass is 32.2. The maximum absolute atomic E-state index is 13.0. The third-order valence-electron chi connectivity index (χ3n) is 5.96. The number of hydrogen-bond acceptors (Lipinski definition) is 6. The van der Waals surface area contributed by atoms with Gasteiger partial charge in [0.05, 0.1) is 4.91 Å². The summed E-state index contributed by atoms with van der Waals surface area (Å²) >= 11 is 0.780. The molecule has 1 spiro atoms. The van der Waals surface area contributed by atoms with Crippen LogP contribution >= 0.6 is 11.8 Å². The van der Waals surface area contributed by atoms with Crippen LogP contribution in [0.3, 0.4) is 0 Å². The van der Waals surface area contributed by atoms with Crippen molar-refractivity contribution in [3.05, 3.63) is 40.6 Å². The third kappa shape index (κ3) is 4.77. The van der Waals surface area contributed by atoms with Crippen LogP contribution < -0.4 is 10.6 Å². The number of amides is 6. The number of nitrogens with zero attached hydrogens (tertiary/aromatic N) is 2. The van der Waals surface area contributed by atoms with Gasteiger partial charge >= 0.3 is 6.03 Å². The molecule has 0 radical (unpaired) electrons. The number of carbonyl (C=O) groups excluding carboxylic acids is 5. The van der Waals surface area contributed by atoms with Gasteiger partial charge in [0.25, 0.3) is 17.1 Å². The van der Waals surface area contributed by atoms with Gasteiger partial charge in [0.15, 0.2) is 0 Å². The van der Waals surface area contributed by atoms with E-state index in [2.05, 4.69) is 10.6 Å². The summed E-state index contributed by atoms with van der Waals surface area (Å²) in [7, 11) is 0. The summed E-state index contributed by atoms with van der Waals surface area (Å²) in [6.45, 7) is 0.00835. The quantitative estimate of drug-likeness (QED) is 0.463. The van der Waals surface area contributed by atoms with E-state index in [0.29, 0.717) is 18.4 Å². The van der Waals surface area contributed by atoms with Crippen molar-refractivity contribution >= 4 is 46.8 Å². The fourth-order valence-corrected chi connectivity index (χ4v) is 5.07. The largest absolute Gasteiger partial charge is 0.354 e. The van der Waals surface area contributed by atoms with Crippen LogP contribution in [0.2, 0.25) is 0 Å². The van der Waals surface area contributed by atoms with Crippen molar-refractivity contribution in [3.63, 3.8) is 0 Å². The van der Waals surface area contributed by atoms with Gasteiger partial charge < -0.3 is 10.6 Å². The molecule has 3 fully saturated rings. The van der Waals surface area contributed by atoms with E-state index in [-0.39, 0.29) is 36.9 Å². The molecule has 33 heavy (non-hydrogen) atoms. The second kappa shape index (κ2) is 9.34. The van der Waals surface area contributed by atoms with Crippen LogP contribution in [-0.4, -0.2) is 64.0 Å². The fraction of sp³-hybridized carbons (Fsp3) is 0.409. The molecule has 6 amide bonds. The van der Waals surface area contributed by atoms with E-state index in [9.17, 15) is 28.4 Å². The Kier molecular flexibility index (Phi) is 6.50. The first kappa shape index (κ1) is 23.0. The average molecular weight is 475 g/mol. The SMILES string of the molecule is O=C(CCN1C(=O)NC2(CCCC2)C1=O)NCCN1C(=O)SC(=Cc2ccc(F)cc2)C1=O. The van der Waals surface area contributed by atoms with Crippen molar-refractivity contribution in [3.8, 4) is 0 Å². The summed E-state index contributed by atoms with van der Waals surface area (Å²) in [5.74, 6) is -1.55. The molecule has 1 aromatic carbocycles. The van der Waals surface area contributed by atoms with E-state index in [0.717, 1.165) is 34.4 Å². The Morgan fingerprint density at radius 3 is 2.48 bits per heavy atom. The molecule has 11 heteroatoms. The molecule has 2 aliphatic heterocycles. The highest BCUT2D eigenvalue weighted by molar-refractivity contribution is 8.18. The van der Waals surface area contributed by atoms with E-state index in [1.165, 1.54) is 30.3 Å². The van der Waals surface area contributed by atoms with E-state index in [1.54, 1.807) is 0 Å². The molecule has 3 aliphatic rings. The summed E-state index contributed by atoms with van der Waals surface area (Å²) in [5.41, 5.74) is -0.212. The maximum atomic E-state index is 13.0. The second-order valence-corrected chi connectivity index (χ2v) is 9.15. The normalized spacial score (nSPS) is 20.9. The lowest BCUT2D eigenvalue weighted by atomic mass is 9.98. The molecule has 0 aromatic heterocycles. The molecule has 0 unspecified atom stereocenters. The van der Waals surface area contributed by atoms with E-state index >= 15 is 0 Å². The molecule has 2 heterocycles. The van der Waals surface area contributed by atoms with Crippen LogP contribution in [0.4, 0.5) is 14.0 Å². The molecular formula is C22H23FN4O5S. The number of rotatable bonds is 7. The predicted molar refractivity (Wildman–Crippen MR) is 118 cm³/mol. The zero-order chi connectivity index (χ0) is 23.6. The molecule has 9 nitrogen and oxygen atoms in total. The number of imide groups is 2. The number of hydrogen-bond donors (Lipinski definition) is 2. The molecule has 1 saturated carbocycles. The van der Waals surface area contributed by atoms with E-state index in [4.69, 9.17) is 0 Å². The minimum Gasteiger partial charge on any atom is -0.354 e. The summed E-state index contributed by atoms with van der Waals surface area (Å²) in [5, 5.41) is 4.92. The maximum Gasteiger partial charge on any atom is 0.325 e. The number of carbonyl (C=O) groups is 5. The molecule has 0 atom stereocenters. The first-order valence-corrected chi connectivity index (χ1v) is 11.5. The first-order chi connectivity index (χ1) is 15.8. The molecule has 2 N–H and O–H groups in total. The van der Waals surface area contributed by atoms with Crippen molar-refractivity contribution in [2.75, 3.05) is 19.6 Å². The van der Waals surface area contributed by atoms with Crippen LogP contribution in [-0.2, 0) is 14.4 Å². The lowest BCUT2D eigenvalue weighted by Crippen LogP contribution is -2.44. The summed E-state index contributed by atoms with van der Waals surface area (Å²) < 4.78 is 13.0. The van der Waals surface area contributed by atoms with Crippen molar-refractivity contribution in [1.82, 2.24) is 20.4 Å². The van der Waals surface area contributed by atoms with Gasteiger partial charge in [-0.15, -0.1) is 0 Å². The molecule has 174 valence electrons. The zero-order valence-electron chi connectivity index (χ0n) is 17.8. The Morgan fingerprint density at radius 2 is 1.79 bits per heavy atom. The molecule has 1 aromatic rings. The zero-order valence-corrected chi connectivity index (χ0v) is 18.6. The Balaban J connectivity index is 1.24. The van der Waals surface area contributed by atoms with Gasteiger partial charge in [0.2, 0.25) is 5.91 Å². The topological polar surface area (TPSA) is 116 Å². The van der Waals surface area contributed by atoms with Crippen molar-refractivity contribution in [2.24, 2.45) is 0 Å². The van der Waals surface area contributed by atoms with Gasteiger partial charge in [0.1, 0.15) is 11.4 Å². The Morgan fingerprint density at radius 1 is 1.09 bits per heavy atom. The van der Waals surface area contributed by atoms with Gasteiger partial charge in [0, 0.05) is 26.1 Å². The lowest BCUT2D eigenvalue weighted by molar-refractivity contribution is -0.131. The van der Waals surface area contributed by atoms with Crippen LogP contribution in [0.15, 0.2) is 29.2 Å². The number of urea groups is 1. The van der Waals surface area contributed by atoms with Gasteiger partial charge in [-0.3, -0.25) is 29.0 Å². The number of benzene rings is 1. The molecular weight excluding hydrogens is 451 g/mol. The predicted octanol–water partition coefficient (Wildman–Crippen LogP) is 2.23. The summed E-state index contributed by atoms with van der Waals surface area (Å²) in [6.07, 6.45) is 4.45. The third-order valence-corrected chi connectivity index (χ3v) is 6.87. The highest BCUT2D eigenvalue weighted by Crippen LogP contribution is 2.35. The monoisotopic (exact) mass is 474 g/mol. The lowest BCUT2D eigenvalue weighted by Gasteiger charge is -2.20. The molecule has 1 aliphatic carbocycles. The van der Waals surface area contributed by atoms with Crippen LogP contribution in [0, 0.1) is 5.82 Å². The Labute approximate surface area is 193 Å². The minimum absolute atomic E-state index is 0.0105. The number of nitrogens with one attached hydrogen (secondary N) is 2.